The maximum Gasteiger partial charge on any atom is 0.227 e. The molecule has 0 aromatic heterocycles. The van der Waals surface area contributed by atoms with Crippen LogP contribution in [0.2, 0.25) is 0 Å². The number of nitriles is 2. The molecule has 6 heteroatoms. The Morgan fingerprint density at radius 2 is 1.79 bits per heavy atom. The van der Waals surface area contributed by atoms with Crippen molar-refractivity contribution in [2.75, 3.05) is 6.54 Å². The number of unbranched alkanes of at least 4 members (excludes halogenated alkanes) is 5. The lowest BCUT2D eigenvalue weighted by Crippen LogP contribution is -2.34. The van der Waals surface area contributed by atoms with Gasteiger partial charge in [-0.15, -0.1) is 0 Å². The van der Waals surface area contributed by atoms with E-state index in [1.807, 2.05) is 12.1 Å². The van der Waals surface area contributed by atoms with Crippen molar-refractivity contribution < 1.29 is 8.42 Å². The van der Waals surface area contributed by atoms with Crippen molar-refractivity contribution in [2.45, 2.75) is 63.5 Å². The Morgan fingerprint density at radius 1 is 1.11 bits per heavy atom. The molecule has 0 aromatic carbocycles. The Bertz CT molecular complexity index is 407. The van der Waals surface area contributed by atoms with Crippen molar-refractivity contribution in [1.29, 1.82) is 10.5 Å². The molecule has 0 saturated heterocycles. The highest BCUT2D eigenvalue weighted by atomic mass is 32.2. The zero-order valence-electron chi connectivity index (χ0n) is 11.6. The van der Waals surface area contributed by atoms with E-state index in [1.54, 1.807) is 0 Å². The topological polar surface area (TPSA) is 93.8 Å². The van der Waals surface area contributed by atoms with Crippen molar-refractivity contribution in [2.24, 2.45) is 0 Å². The van der Waals surface area contributed by atoms with Crippen LogP contribution >= 0.6 is 0 Å². The summed E-state index contributed by atoms with van der Waals surface area (Å²) in [5.74, 6) is 0. The van der Waals surface area contributed by atoms with Gasteiger partial charge in [-0.25, -0.2) is 13.1 Å². The zero-order valence-corrected chi connectivity index (χ0v) is 12.4. The molecule has 0 aliphatic heterocycles. The first-order valence-corrected chi connectivity index (χ1v) is 8.38. The van der Waals surface area contributed by atoms with Crippen molar-refractivity contribution in [3.8, 4) is 12.1 Å². The van der Waals surface area contributed by atoms with E-state index in [1.165, 1.54) is 0 Å². The predicted molar refractivity (Wildman–Crippen MR) is 74.5 cm³/mol. The van der Waals surface area contributed by atoms with Crippen LogP contribution in [0.3, 0.4) is 0 Å². The van der Waals surface area contributed by atoms with Gasteiger partial charge in [0.05, 0.1) is 12.1 Å². The second-order valence-corrected chi connectivity index (χ2v) is 6.47. The first-order valence-electron chi connectivity index (χ1n) is 6.83. The lowest BCUT2D eigenvalue weighted by atomic mass is 10.1. The third kappa shape index (κ3) is 8.58. The fourth-order valence-electron chi connectivity index (χ4n) is 1.70. The fourth-order valence-corrected chi connectivity index (χ4v) is 2.95. The van der Waals surface area contributed by atoms with Gasteiger partial charge in [-0.05, 0) is 12.8 Å². The highest BCUT2D eigenvalue weighted by molar-refractivity contribution is 7.90. The molecule has 0 saturated carbocycles. The van der Waals surface area contributed by atoms with E-state index in [9.17, 15) is 8.42 Å². The normalized spacial score (nSPS) is 12.6. The maximum atomic E-state index is 11.8. The molecular weight excluding hydrogens is 262 g/mol. The molecule has 0 fully saturated rings. The number of hydrogen-bond donors (Lipinski definition) is 1. The van der Waals surface area contributed by atoms with Crippen molar-refractivity contribution in [1.82, 2.24) is 4.72 Å². The fraction of sp³-hybridized carbons (Fsp3) is 0.846. The Labute approximate surface area is 116 Å². The van der Waals surface area contributed by atoms with Gasteiger partial charge < -0.3 is 0 Å². The maximum absolute atomic E-state index is 11.8. The Balaban J connectivity index is 4.05. The summed E-state index contributed by atoms with van der Waals surface area (Å²) in [7, 11) is -3.57. The standard InChI is InChI=1S/C13H23N3O2S/c1-2-3-4-5-6-9-13(12-15)19(17,18)16-11-8-7-10-14/h13,16H,2-9,11H2,1H3. The molecule has 0 aliphatic carbocycles. The van der Waals surface area contributed by atoms with E-state index in [4.69, 9.17) is 10.5 Å². The average Bonchev–Trinajstić information content (AvgIpc) is 2.38. The minimum absolute atomic E-state index is 0.226. The van der Waals surface area contributed by atoms with Crippen LogP contribution in [0.5, 0.6) is 0 Å². The van der Waals surface area contributed by atoms with Crippen LogP contribution < -0.4 is 4.72 Å². The van der Waals surface area contributed by atoms with E-state index >= 15 is 0 Å². The van der Waals surface area contributed by atoms with Crippen molar-refractivity contribution in [3.63, 3.8) is 0 Å². The van der Waals surface area contributed by atoms with Crippen LogP contribution in [-0.4, -0.2) is 20.2 Å². The molecule has 108 valence electrons. The quantitative estimate of drug-likeness (QED) is 0.590. The second kappa shape index (κ2) is 10.8. The molecule has 0 spiro atoms. The molecule has 0 amide bonds. The van der Waals surface area contributed by atoms with Gasteiger partial charge in [-0.1, -0.05) is 39.0 Å². The summed E-state index contributed by atoms with van der Waals surface area (Å²) in [6.07, 6.45) is 6.28. The minimum Gasteiger partial charge on any atom is -0.214 e. The van der Waals surface area contributed by atoms with Crippen LogP contribution in [-0.2, 0) is 10.0 Å². The third-order valence-electron chi connectivity index (χ3n) is 2.86. The van der Waals surface area contributed by atoms with Gasteiger partial charge in [-0.2, -0.15) is 10.5 Å². The van der Waals surface area contributed by atoms with Gasteiger partial charge in [0.1, 0.15) is 0 Å². The Morgan fingerprint density at radius 3 is 2.37 bits per heavy atom. The highest BCUT2D eigenvalue weighted by Crippen LogP contribution is 2.11. The van der Waals surface area contributed by atoms with Gasteiger partial charge >= 0.3 is 0 Å². The van der Waals surface area contributed by atoms with E-state index in [2.05, 4.69) is 11.6 Å². The lowest BCUT2D eigenvalue weighted by Gasteiger charge is -2.11. The van der Waals surface area contributed by atoms with Gasteiger partial charge in [-0.3, -0.25) is 0 Å². The average molecular weight is 285 g/mol. The summed E-state index contributed by atoms with van der Waals surface area (Å²) < 4.78 is 26.1. The molecule has 0 aromatic rings. The summed E-state index contributed by atoms with van der Waals surface area (Å²) in [4.78, 5) is 0. The van der Waals surface area contributed by atoms with Crippen molar-refractivity contribution in [3.05, 3.63) is 0 Å². The Kier molecular flexibility index (Phi) is 10.1. The third-order valence-corrected chi connectivity index (χ3v) is 4.55. The predicted octanol–water partition coefficient (Wildman–Crippen LogP) is 2.46. The van der Waals surface area contributed by atoms with Crippen LogP contribution in [0.1, 0.15) is 58.3 Å². The summed E-state index contributed by atoms with van der Waals surface area (Å²) in [5.41, 5.74) is 0. The zero-order chi connectivity index (χ0) is 14.6. The number of hydrogen-bond acceptors (Lipinski definition) is 4. The highest BCUT2D eigenvalue weighted by Gasteiger charge is 2.23. The molecular formula is C13H23N3O2S. The summed E-state index contributed by atoms with van der Waals surface area (Å²) in [6.45, 7) is 2.34. The van der Waals surface area contributed by atoms with Gasteiger partial charge in [0.25, 0.3) is 0 Å². The number of sulfonamides is 1. The van der Waals surface area contributed by atoms with Crippen LogP contribution in [0.25, 0.3) is 0 Å². The molecule has 0 heterocycles. The molecule has 0 rings (SSSR count). The largest absolute Gasteiger partial charge is 0.227 e. The van der Waals surface area contributed by atoms with E-state index in [-0.39, 0.29) is 6.54 Å². The summed E-state index contributed by atoms with van der Waals surface area (Å²) in [5, 5.41) is 16.3. The molecule has 1 atom stereocenters. The molecule has 0 radical (unpaired) electrons. The number of rotatable bonds is 11. The Hall–Kier alpha value is -1.11. The molecule has 19 heavy (non-hydrogen) atoms. The first kappa shape index (κ1) is 17.9. The molecule has 0 aliphatic rings. The van der Waals surface area contributed by atoms with E-state index < -0.39 is 15.3 Å². The van der Waals surface area contributed by atoms with Crippen LogP contribution in [0.4, 0.5) is 0 Å². The monoisotopic (exact) mass is 285 g/mol. The second-order valence-electron chi connectivity index (χ2n) is 4.52. The van der Waals surface area contributed by atoms with E-state index in [0.717, 1.165) is 32.1 Å². The molecule has 5 nitrogen and oxygen atoms in total. The minimum atomic E-state index is -3.57. The number of nitrogens with one attached hydrogen (secondary N) is 1. The molecule has 0 bridgehead atoms. The number of nitrogens with zero attached hydrogens (tertiary/aromatic N) is 2. The summed E-state index contributed by atoms with van der Waals surface area (Å²) in [6, 6.07) is 3.81. The molecule has 1 N–H and O–H groups in total. The smallest absolute Gasteiger partial charge is 0.214 e. The van der Waals surface area contributed by atoms with Crippen LogP contribution in [0, 0.1) is 22.7 Å². The van der Waals surface area contributed by atoms with Crippen molar-refractivity contribution >= 4 is 10.0 Å². The lowest BCUT2D eigenvalue weighted by molar-refractivity contribution is 0.557. The summed E-state index contributed by atoms with van der Waals surface area (Å²) >= 11 is 0. The molecule has 1 unspecified atom stereocenters. The van der Waals surface area contributed by atoms with Crippen LogP contribution in [0.15, 0.2) is 0 Å². The SMILES string of the molecule is CCCCCCCC(C#N)S(=O)(=O)NCCCC#N. The van der Waals surface area contributed by atoms with Gasteiger partial charge in [0.2, 0.25) is 10.0 Å². The first-order chi connectivity index (χ1) is 9.08. The van der Waals surface area contributed by atoms with Gasteiger partial charge in [0, 0.05) is 13.0 Å². The van der Waals surface area contributed by atoms with E-state index in [0.29, 0.717) is 19.3 Å². The van der Waals surface area contributed by atoms with Gasteiger partial charge in [0.15, 0.2) is 5.25 Å².